The molecule has 0 fully saturated rings. The van der Waals surface area contributed by atoms with Crippen LogP contribution in [-0.2, 0) is 6.54 Å². The number of halogens is 1. The first-order valence-electron chi connectivity index (χ1n) is 5.87. The molecule has 0 aliphatic heterocycles. The minimum Gasteiger partial charge on any atom is -0.494 e. The van der Waals surface area contributed by atoms with Crippen LogP contribution in [-0.4, -0.2) is 23.2 Å². The van der Waals surface area contributed by atoms with Crippen LogP contribution in [0.5, 0.6) is 5.75 Å². The molecule has 0 atom stereocenters. The van der Waals surface area contributed by atoms with Crippen molar-refractivity contribution in [1.82, 2.24) is 4.98 Å². The smallest absolute Gasteiger partial charge is 0.354 e. The van der Waals surface area contributed by atoms with Crippen molar-refractivity contribution in [1.29, 1.82) is 0 Å². The van der Waals surface area contributed by atoms with Crippen molar-refractivity contribution in [3.63, 3.8) is 0 Å². The Morgan fingerprint density at radius 2 is 2.20 bits per heavy atom. The van der Waals surface area contributed by atoms with Gasteiger partial charge in [-0.1, -0.05) is 6.07 Å². The highest BCUT2D eigenvalue weighted by Gasteiger charge is 2.06. The fourth-order valence-electron chi connectivity index (χ4n) is 1.66. The quantitative estimate of drug-likeness (QED) is 0.878. The zero-order valence-corrected chi connectivity index (χ0v) is 10.8. The Balaban J connectivity index is 2.08. The minimum absolute atomic E-state index is 0.0130. The Bertz CT molecular complexity index is 632. The summed E-state index contributed by atoms with van der Waals surface area (Å²) >= 11 is 0. The van der Waals surface area contributed by atoms with Crippen LogP contribution < -0.4 is 10.1 Å². The molecule has 20 heavy (non-hydrogen) atoms. The van der Waals surface area contributed by atoms with Crippen LogP contribution in [0.3, 0.4) is 0 Å². The number of anilines is 1. The molecule has 1 aromatic heterocycles. The van der Waals surface area contributed by atoms with Gasteiger partial charge in [-0.05, 0) is 24.3 Å². The van der Waals surface area contributed by atoms with E-state index in [1.54, 1.807) is 18.2 Å². The molecule has 0 spiro atoms. The standard InChI is InChI=1S/C14H13FN2O3/c1-20-13-7-9(5-6-11(13)15)16-8-10-3-2-4-12(17-10)14(18)19/h2-7,16H,8H2,1H3,(H,18,19). The SMILES string of the molecule is COc1cc(NCc2cccc(C(=O)O)n2)ccc1F. The number of carboxylic acids is 1. The lowest BCUT2D eigenvalue weighted by Crippen LogP contribution is -2.06. The van der Waals surface area contributed by atoms with E-state index in [9.17, 15) is 9.18 Å². The number of nitrogens with one attached hydrogen (secondary N) is 1. The van der Waals surface area contributed by atoms with Crippen LogP contribution >= 0.6 is 0 Å². The van der Waals surface area contributed by atoms with Gasteiger partial charge >= 0.3 is 5.97 Å². The number of aromatic nitrogens is 1. The Morgan fingerprint density at radius 3 is 2.90 bits per heavy atom. The van der Waals surface area contributed by atoms with Gasteiger partial charge in [0, 0.05) is 11.8 Å². The maximum atomic E-state index is 13.2. The zero-order valence-electron chi connectivity index (χ0n) is 10.8. The summed E-state index contributed by atoms with van der Waals surface area (Å²) in [6.45, 7) is 0.329. The van der Waals surface area contributed by atoms with Crippen LogP contribution in [0.1, 0.15) is 16.2 Å². The molecule has 104 valence electrons. The number of benzene rings is 1. The summed E-state index contributed by atoms with van der Waals surface area (Å²) in [4.78, 5) is 14.8. The molecule has 2 aromatic rings. The third kappa shape index (κ3) is 3.23. The van der Waals surface area contributed by atoms with E-state index in [0.717, 1.165) is 0 Å². The second-order valence-corrected chi connectivity index (χ2v) is 4.02. The molecule has 1 heterocycles. The van der Waals surface area contributed by atoms with E-state index in [4.69, 9.17) is 9.84 Å². The van der Waals surface area contributed by atoms with Crippen molar-refractivity contribution >= 4 is 11.7 Å². The van der Waals surface area contributed by atoms with Crippen molar-refractivity contribution in [2.24, 2.45) is 0 Å². The van der Waals surface area contributed by atoms with Gasteiger partial charge in [-0.2, -0.15) is 0 Å². The lowest BCUT2D eigenvalue weighted by molar-refractivity contribution is 0.0690. The number of nitrogens with zero attached hydrogens (tertiary/aromatic N) is 1. The van der Waals surface area contributed by atoms with Crippen LogP contribution in [0.2, 0.25) is 0 Å². The summed E-state index contributed by atoms with van der Waals surface area (Å²) in [5, 5.41) is 11.9. The van der Waals surface area contributed by atoms with Crippen LogP contribution in [0.15, 0.2) is 36.4 Å². The molecule has 0 radical (unpaired) electrons. The maximum absolute atomic E-state index is 13.2. The summed E-state index contributed by atoms with van der Waals surface area (Å²) in [6, 6.07) is 9.14. The van der Waals surface area contributed by atoms with Gasteiger partial charge in [0.25, 0.3) is 0 Å². The Kier molecular flexibility index (Phi) is 4.14. The molecule has 6 heteroatoms. The normalized spacial score (nSPS) is 10.1. The number of ether oxygens (including phenoxy) is 1. The van der Waals surface area contributed by atoms with E-state index < -0.39 is 11.8 Å². The van der Waals surface area contributed by atoms with Gasteiger partial charge in [-0.25, -0.2) is 14.2 Å². The van der Waals surface area contributed by atoms with E-state index in [0.29, 0.717) is 17.9 Å². The topological polar surface area (TPSA) is 71.5 Å². The molecule has 0 aliphatic carbocycles. The van der Waals surface area contributed by atoms with E-state index in [1.165, 1.54) is 25.3 Å². The molecular formula is C14H13FN2O3. The Morgan fingerprint density at radius 1 is 1.40 bits per heavy atom. The fraction of sp³-hybridized carbons (Fsp3) is 0.143. The summed E-state index contributed by atoms with van der Waals surface area (Å²) in [5.74, 6) is -1.37. The number of pyridine rings is 1. The summed E-state index contributed by atoms with van der Waals surface area (Å²) in [7, 11) is 1.39. The van der Waals surface area contributed by atoms with E-state index in [1.807, 2.05) is 0 Å². The van der Waals surface area contributed by atoms with Gasteiger partial charge in [0.15, 0.2) is 11.6 Å². The average Bonchev–Trinajstić information content (AvgIpc) is 2.46. The molecule has 2 rings (SSSR count). The van der Waals surface area contributed by atoms with Crippen molar-refractivity contribution in [2.75, 3.05) is 12.4 Å². The monoisotopic (exact) mass is 276 g/mol. The number of hydrogen-bond acceptors (Lipinski definition) is 4. The molecule has 0 bridgehead atoms. The number of rotatable bonds is 5. The van der Waals surface area contributed by atoms with Gasteiger partial charge in [0.1, 0.15) is 5.69 Å². The van der Waals surface area contributed by atoms with Crippen molar-refractivity contribution in [3.05, 3.63) is 53.6 Å². The first-order chi connectivity index (χ1) is 9.60. The number of methoxy groups -OCH3 is 1. The van der Waals surface area contributed by atoms with Gasteiger partial charge in [0.05, 0.1) is 19.3 Å². The third-order valence-corrected chi connectivity index (χ3v) is 2.65. The van der Waals surface area contributed by atoms with Gasteiger partial charge < -0.3 is 15.2 Å². The first-order valence-corrected chi connectivity index (χ1v) is 5.87. The van der Waals surface area contributed by atoms with Crippen LogP contribution in [0, 0.1) is 5.82 Å². The highest BCUT2D eigenvalue weighted by atomic mass is 19.1. The molecule has 1 aromatic carbocycles. The predicted molar refractivity (Wildman–Crippen MR) is 71.5 cm³/mol. The highest BCUT2D eigenvalue weighted by molar-refractivity contribution is 5.85. The molecular weight excluding hydrogens is 263 g/mol. The van der Waals surface area contributed by atoms with Crippen molar-refractivity contribution in [3.8, 4) is 5.75 Å². The molecule has 5 nitrogen and oxygen atoms in total. The van der Waals surface area contributed by atoms with Gasteiger partial charge in [0.2, 0.25) is 0 Å². The predicted octanol–water partition coefficient (Wildman–Crippen LogP) is 2.54. The molecule has 0 amide bonds. The van der Waals surface area contributed by atoms with Gasteiger partial charge in [-0.15, -0.1) is 0 Å². The van der Waals surface area contributed by atoms with E-state index >= 15 is 0 Å². The number of aromatic carboxylic acids is 1. The number of carboxylic acid groups (broad SMARTS) is 1. The number of hydrogen-bond donors (Lipinski definition) is 2. The highest BCUT2D eigenvalue weighted by Crippen LogP contribution is 2.21. The maximum Gasteiger partial charge on any atom is 0.354 e. The zero-order chi connectivity index (χ0) is 14.5. The number of carbonyl (C=O) groups is 1. The van der Waals surface area contributed by atoms with Gasteiger partial charge in [-0.3, -0.25) is 0 Å². The van der Waals surface area contributed by atoms with Crippen molar-refractivity contribution < 1.29 is 19.0 Å². The summed E-state index contributed by atoms with van der Waals surface area (Å²) in [5.41, 5.74) is 1.22. The van der Waals surface area contributed by atoms with Crippen LogP contribution in [0.4, 0.5) is 10.1 Å². The van der Waals surface area contributed by atoms with Crippen LogP contribution in [0.25, 0.3) is 0 Å². The Hall–Kier alpha value is -2.63. The molecule has 0 unspecified atom stereocenters. The average molecular weight is 276 g/mol. The lowest BCUT2D eigenvalue weighted by atomic mass is 10.2. The molecule has 0 saturated heterocycles. The van der Waals surface area contributed by atoms with E-state index in [2.05, 4.69) is 10.3 Å². The molecule has 0 saturated carbocycles. The van der Waals surface area contributed by atoms with E-state index in [-0.39, 0.29) is 11.4 Å². The Labute approximate surface area is 115 Å². The lowest BCUT2D eigenvalue weighted by Gasteiger charge is -2.08. The second kappa shape index (κ2) is 6.01. The first kappa shape index (κ1) is 13.8. The molecule has 0 aliphatic rings. The van der Waals surface area contributed by atoms with Crippen molar-refractivity contribution in [2.45, 2.75) is 6.54 Å². The summed E-state index contributed by atoms with van der Waals surface area (Å²) < 4.78 is 18.1. The minimum atomic E-state index is -1.07. The third-order valence-electron chi connectivity index (χ3n) is 2.65. The summed E-state index contributed by atoms with van der Waals surface area (Å²) in [6.07, 6.45) is 0. The fourth-order valence-corrected chi connectivity index (χ4v) is 1.66. The molecule has 2 N–H and O–H groups in total. The largest absolute Gasteiger partial charge is 0.494 e. The second-order valence-electron chi connectivity index (χ2n) is 4.02.